The number of hydrogen-bond acceptors (Lipinski definition) is 6. The van der Waals surface area contributed by atoms with Crippen LogP contribution in [0.1, 0.15) is 42.9 Å². The molecule has 0 unspecified atom stereocenters. The van der Waals surface area contributed by atoms with Gasteiger partial charge in [-0.2, -0.15) is 0 Å². The van der Waals surface area contributed by atoms with Gasteiger partial charge in [-0.05, 0) is 19.8 Å². The third kappa shape index (κ3) is 3.41. The van der Waals surface area contributed by atoms with Crippen molar-refractivity contribution in [3.8, 4) is 0 Å². The lowest BCUT2D eigenvalue weighted by molar-refractivity contribution is -0.139. The van der Waals surface area contributed by atoms with Crippen LogP contribution in [0.4, 0.5) is 0 Å². The lowest BCUT2D eigenvalue weighted by Crippen LogP contribution is -2.50. The molecule has 0 saturated carbocycles. The van der Waals surface area contributed by atoms with Crippen LogP contribution in [0.25, 0.3) is 0 Å². The Morgan fingerprint density at radius 3 is 3.04 bits per heavy atom. The van der Waals surface area contributed by atoms with E-state index in [-0.39, 0.29) is 18.0 Å². The smallest absolute Gasteiger partial charge is 0.240 e. The Labute approximate surface area is 148 Å². The Morgan fingerprint density at radius 2 is 2.20 bits per heavy atom. The summed E-state index contributed by atoms with van der Waals surface area (Å²) in [5, 5.41) is 3.35. The maximum absolute atomic E-state index is 13.1. The Kier molecular flexibility index (Phi) is 4.96. The zero-order valence-electron chi connectivity index (χ0n) is 14.9. The zero-order valence-corrected chi connectivity index (χ0v) is 14.9. The second-order valence-electron chi connectivity index (χ2n) is 7.14. The van der Waals surface area contributed by atoms with Gasteiger partial charge in [0.05, 0.1) is 25.3 Å². The number of fused-ring (bicyclic) bond motifs is 1. The molecule has 136 valence electrons. The summed E-state index contributed by atoms with van der Waals surface area (Å²) in [5.74, 6) is 1.02. The van der Waals surface area contributed by atoms with Crippen molar-refractivity contribution < 1.29 is 9.53 Å². The van der Waals surface area contributed by atoms with Crippen LogP contribution >= 0.6 is 0 Å². The van der Waals surface area contributed by atoms with Crippen LogP contribution in [0.5, 0.6) is 0 Å². The van der Waals surface area contributed by atoms with E-state index in [4.69, 9.17) is 9.72 Å². The molecule has 1 aromatic heterocycles. The minimum atomic E-state index is -0.105. The van der Waals surface area contributed by atoms with Crippen molar-refractivity contribution in [3.05, 3.63) is 23.3 Å². The molecule has 4 rings (SSSR count). The van der Waals surface area contributed by atoms with Gasteiger partial charge >= 0.3 is 0 Å². The lowest BCUT2D eigenvalue weighted by atomic mass is 10.1. The monoisotopic (exact) mass is 345 g/mol. The highest BCUT2D eigenvalue weighted by atomic mass is 16.5. The van der Waals surface area contributed by atoms with Gasteiger partial charge in [0, 0.05) is 56.6 Å². The highest BCUT2D eigenvalue weighted by Gasteiger charge is 2.36. The number of likely N-dealkylation sites (tertiary alicyclic amines) is 1. The molecular formula is C18H27N5O2. The minimum Gasteiger partial charge on any atom is -0.379 e. The van der Waals surface area contributed by atoms with Gasteiger partial charge < -0.3 is 15.0 Å². The van der Waals surface area contributed by atoms with Crippen molar-refractivity contribution in [2.45, 2.75) is 44.8 Å². The molecule has 2 fully saturated rings. The molecule has 0 bridgehead atoms. The standard InChI is InChI=1S/C18H27N5O2/c1-13(22-7-9-25-10-8-22)18(24)23-6-2-3-16(23)17-20-12-14-11-19-5-4-15(14)21-17/h12-13,16,19H,2-11H2,1H3/t13-,16+/m0/s1. The van der Waals surface area contributed by atoms with Crippen LogP contribution in [-0.4, -0.2) is 71.1 Å². The third-order valence-electron chi connectivity index (χ3n) is 5.61. The molecule has 3 aliphatic rings. The number of aromatic nitrogens is 2. The average molecular weight is 345 g/mol. The molecular weight excluding hydrogens is 318 g/mol. The molecule has 0 radical (unpaired) electrons. The van der Waals surface area contributed by atoms with Crippen molar-refractivity contribution in [1.82, 2.24) is 25.1 Å². The summed E-state index contributed by atoms with van der Waals surface area (Å²) < 4.78 is 5.41. The quantitative estimate of drug-likeness (QED) is 0.861. The van der Waals surface area contributed by atoms with E-state index in [1.54, 1.807) is 0 Å². The van der Waals surface area contributed by atoms with Crippen LogP contribution in [0.3, 0.4) is 0 Å². The van der Waals surface area contributed by atoms with Gasteiger partial charge in [-0.3, -0.25) is 9.69 Å². The highest BCUT2D eigenvalue weighted by Crippen LogP contribution is 2.31. The Morgan fingerprint density at radius 1 is 1.36 bits per heavy atom. The first-order valence-corrected chi connectivity index (χ1v) is 9.42. The van der Waals surface area contributed by atoms with E-state index in [9.17, 15) is 4.79 Å². The fraction of sp³-hybridized carbons (Fsp3) is 0.722. The van der Waals surface area contributed by atoms with Crippen molar-refractivity contribution in [3.63, 3.8) is 0 Å². The summed E-state index contributed by atoms with van der Waals surface area (Å²) in [5.41, 5.74) is 2.33. The first-order valence-electron chi connectivity index (χ1n) is 9.42. The van der Waals surface area contributed by atoms with Crippen LogP contribution in [0, 0.1) is 0 Å². The highest BCUT2D eigenvalue weighted by molar-refractivity contribution is 5.82. The van der Waals surface area contributed by atoms with Crippen LogP contribution < -0.4 is 5.32 Å². The van der Waals surface area contributed by atoms with Gasteiger partial charge in [-0.25, -0.2) is 9.97 Å². The molecule has 1 N–H and O–H groups in total. The number of amides is 1. The molecule has 0 aliphatic carbocycles. The Hall–Kier alpha value is -1.57. The van der Waals surface area contributed by atoms with Crippen molar-refractivity contribution in [2.24, 2.45) is 0 Å². The maximum Gasteiger partial charge on any atom is 0.240 e. The SMILES string of the molecule is C[C@@H](C(=O)N1CCC[C@@H]1c1ncc2c(n1)CCNC2)N1CCOCC1. The van der Waals surface area contributed by atoms with Gasteiger partial charge in [-0.15, -0.1) is 0 Å². The zero-order chi connectivity index (χ0) is 17.2. The fourth-order valence-corrected chi connectivity index (χ4v) is 4.07. The number of ether oxygens (including phenoxy) is 1. The van der Waals surface area contributed by atoms with E-state index in [1.807, 2.05) is 18.0 Å². The number of hydrogen-bond donors (Lipinski definition) is 1. The molecule has 1 amide bonds. The summed E-state index contributed by atoms with van der Waals surface area (Å²) in [4.78, 5) is 26.7. The summed E-state index contributed by atoms with van der Waals surface area (Å²) in [7, 11) is 0. The second-order valence-corrected chi connectivity index (χ2v) is 7.14. The van der Waals surface area contributed by atoms with E-state index in [1.165, 1.54) is 5.56 Å². The molecule has 1 aromatic rings. The van der Waals surface area contributed by atoms with Gasteiger partial charge in [0.1, 0.15) is 0 Å². The second kappa shape index (κ2) is 7.35. The number of rotatable bonds is 3. The van der Waals surface area contributed by atoms with Crippen LogP contribution in [-0.2, 0) is 22.5 Å². The molecule has 3 aliphatic heterocycles. The molecule has 4 heterocycles. The van der Waals surface area contributed by atoms with E-state index < -0.39 is 0 Å². The van der Waals surface area contributed by atoms with Gasteiger partial charge in [0.15, 0.2) is 5.82 Å². The Balaban J connectivity index is 1.50. The van der Waals surface area contributed by atoms with E-state index in [0.29, 0.717) is 13.2 Å². The third-order valence-corrected chi connectivity index (χ3v) is 5.61. The maximum atomic E-state index is 13.1. The van der Waals surface area contributed by atoms with Crippen molar-refractivity contribution in [2.75, 3.05) is 39.4 Å². The fourth-order valence-electron chi connectivity index (χ4n) is 4.07. The van der Waals surface area contributed by atoms with Crippen molar-refractivity contribution in [1.29, 1.82) is 0 Å². The number of carbonyl (C=O) groups is 1. The molecule has 2 saturated heterocycles. The molecule has 2 atom stereocenters. The van der Waals surface area contributed by atoms with E-state index >= 15 is 0 Å². The summed E-state index contributed by atoms with van der Waals surface area (Å²) >= 11 is 0. The molecule has 7 heteroatoms. The predicted octanol–water partition coefficient (Wildman–Crippen LogP) is 0.507. The minimum absolute atomic E-state index is 0.0242. The van der Waals surface area contributed by atoms with Crippen LogP contribution in [0.15, 0.2) is 6.20 Å². The predicted molar refractivity (Wildman–Crippen MR) is 93.0 cm³/mol. The number of morpholine rings is 1. The van der Waals surface area contributed by atoms with E-state index in [0.717, 1.165) is 63.5 Å². The largest absolute Gasteiger partial charge is 0.379 e. The lowest BCUT2D eigenvalue weighted by Gasteiger charge is -2.35. The molecule has 0 spiro atoms. The van der Waals surface area contributed by atoms with Crippen molar-refractivity contribution >= 4 is 5.91 Å². The molecule has 7 nitrogen and oxygen atoms in total. The summed E-state index contributed by atoms with van der Waals surface area (Å²) in [6.07, 6.45) is 4.86. The van der Waals surface area contributed by atoms with Gasteiger partial charge in [-0.1, -0.05) is 0 Å². The number of carbonyl (C=O) groups excluding carboxylic acids is 1. The molecule has 25 heavy (non-hydrogen) atoms. The van der Waals surface area contributed by atoms with Crippen LogP contribution in [0.2, 0.25) is 0 Å². The Bertz CT molecular complexity index is 632. The average Bonchev–Trinajstić information content (AvgIpc) is 3.17. The topological polar surface area (TPSA) is 70.6 Å². The summed E-state index contributed by atoms with van der Waals surface area (Å²) in [6, 6.07) is -0.0810. The van der Waals surface area contributed by atoms with Gasteiger partial charge in [0.25, 0.3) is 0 Å². The number of nitrogens with zero attached hydrogens (tertiary/aromatic N) is 4. The number of nitrogens with one attached hydrogen (secondary N) is 1. The van der Waals surface area contributed by atoms with E-state index in [2.05, 4.69) is 15.2 Å². The summed E-state index contributed by atoms with van der Waals surface area (Å²) in [6.45, 7) is 7.71. The van der Waals surface area contributed by atoms with Gasteiger partial charge in [0.2, 0.25) is 5.91 Å². The molecule has 0 aromatic carbocycles. The first kappa shape index (κ1) is 16.9. The first-order chi connectivity index (χ1) is 12.2. The normalized spacial score (nSPS) is 25.6.